The van der Waals surface area contributed by atoms with E-state index in [0.717, 1.165) is 17.0 Å². The maximum atomic E-state index is 12.1. The van der Waals surface area contributed by atoms with Crippen LogP contribution < -0.4 is 5.32 Å². The molecule has 0 atom stereocenters. The van der Waals surface area contributed by atoms with Crippen LogP contribution in [0.3, 0.4) is 0 Å². The van der Waals surface area contributed by atoms with E-state index < -0.39 is 0 Å². The Bertz CT molecular complexity index is 831. The lowest BCUT2D eigenvalue weighted by Crippen LogP contribution is -2.12. The van der Waals surface area contributed by atoms with Crippen LogP contribution in [-0.4, -0.2) is 20.8 Å². The van der Waals surface area contributed by atoms with E-state index in [1.54, 1.807) is 25.1 Å². The van der Waals surface area contributed by atoms with Crippen molar-refractivity contribution in [2.45, 2.75) is 27.3 Å². The van der Waals surface area contributed by atoms with Crippen LogP contribution in [0.1, 0.15) is 33.1 Å². The van der Waals surface area contributed by atoms with E-state index in [4.69, 9.17) is 4.52 Å². The van der Waals surface area contributed by atoms with Gasteiger partial charge < -0.3 is 9.84 Å². The summed E-state index contributed by atoms with van der Waals surface area (Å²) in [6.45, 7) is 6.46. The molecule has 2 heterocycles. The van der Waals surface area contributed by atoms with Crippen LogP contribution in [0, 0.1) is 20.8 Å². The van der Waals surface area contributed by atoms with Crippen molar-refractivity contribution in [1.29, 1.82) is 0 Å². The highest BCUT2D eigenvalue weighted by Crippen LogP contribution is 2.12. The number of hydrogen-bond acceptors (Lipinski definition) is 4. The predicted octanol–water partition coefficient (Wildman–Crippen LogP) is 3.10. The minimum atomic E-state index is -0.212. The van der Waals surface area contributed by atoms with E-state index in [9.17, 15) is 4.79 Å². The minimum Gasteiger partial charge on any atom is -0.360 e. The molecule has 1 aromatic carbocycles. The fourth-order valence-corrected chi connectivity index (χ4v) is 2.38. The second-order valence-corrected chi connectivity index (χ2v) is 5.56. The molecule has 6 nitrogen and oxygen atoms in total. The van der Waals surface area contributed by atoms with Crippen molar-refractivity contribution in [2.24, 2.45) is 0 Å². The van der Waals surface area contributed by atoms with Crippen LogP contribution >= 0.6 is 0 Å². The summed E-state index contributed by atoms with van der Waals surface area (Å²) in [7, 11) is 0. The van der Waals surface area contributed by atoms with Crippen LogP contribution in [0.5, 0.6) is 0 Å². The smallest absolute Gasteiger partial charge is 0.256 e. The van der Waals surface area contributed by atoms with Crippen LogP contribution in [0.15, 0.2) is 40.9 Å². The van der Waals surface area contributed by atoms with E-state index >= 15 is 0 Å². The first-order valence-electron chi connectivity index (χ1n) is 7.36. The van der Waals surface area contributed by atoms with Crippen LogP contribution in [0.2, 0.25) is 0 Å². The molecule has 0 aliphatic rings. The minimum absolute atomic E-state index is 0.212. The number of amides is 1. The molecule has 118 valence electrons. The zero-order valence-corrected chi connectivity index (χ0v) is 13.3. The van der Waals surface area contributed by atoms with Crippen molar-refractivity contribution in [3.63, 3.8) is 0 Å². The third-order valence-electron chi connectivity index (χ3n) is 3.52. The molecule has 0 aliphatic carbocycles. The van der Waals surface area contributed by atoms with Crippen molar-refractivity contribution in [2.75, 3.05) is 5.32 Å². The van der Waals surface area contributed by atoms with Gasteiger partial charge in [-0.3, -0.25) is 9.48 Å². The topological polar surface area (TPSA) is 73.0 Å². The number of hydrogen-bond donors (Lipinski definition) is 1. The van der Waals surface area contributed by atoms with Gasteiger partial charge in [0.05, 0.1) is 12.2 Å². The largest absolute Gasteiger partial charge is 0.360 e. The summed E-state index contributed by atoms with van der Waals surface area (Å²) in [5.74, 6) is 0.857. The third-order valence-corrected chi connectivity index (χ3v) is 3.52. The van der Waals surface area contributed by atoms with Crippen molar-refractivity contribution in [3.05, 3.63) is 64.7 Å². The monoisotopic (exact) mass is 310 g/mol. The molecule has 0 bridgehead atoms. The Labute approximate surface area is 134 Å². The molecule has 0 saturated heterocycles. The van der Waals surface area contributed by atoms with Crippen molar-refractivity contribution in [3.8, 4) is 0 Å². The number of carbonyl (C=O) groups is 1. The van der Waals surface area contributed by atoms with Crippen molar-refractivity contribution < 1.29 is 9.32 Å². The van der Waals surface area contributed by atoms with E-state index in [2.05, 4.69) is 15.6 Å². The summed E-state index contributed by atoms with van der Waals surface area (Å²) in [5.41, 5.74) is 3.78. The summed E-state index contributed by atoms with van der Waals surface area (Å²) in [6.07, 6.45) is 0. The van der Waals surface area contributed by atoms with E-state index in [-0.39, 0.29) is 5.91 Å². The Balaban J connectivity index is 1.69. The van der Waals surface area contributed by atoms with Gasteiger partial charge in [0.25, 0.3) is 5.91 Å². The van der Waals surface area contributed by atoms with Crippen LogP contribution in [0.25, 0.3) is 0 Å². The standard InChI is InChI=1S/C17H18N4O2/c1-11-8-12(2)21(19-11)10-14-4-6-15(7-5-14)17(22)18-16-9-13(3)23-20-16/h4-9H,10H2,1-3H3,(H,18,20,22). The Morgan fingerprint density at radius 3 is 2.48 bits per heavy atom. The van der Waals surface area contributed by atoms with Crippen LogP contribution in [-0.2, 0) is 6.54 Å². The van der Waals surface area contributed by atoms with Gasteiger partial charge in [-0.15, -0.1) is 0 Å². The lowest BCUT2D eigenvalue weighted by molar-refractivity contribution is 0.102. The Hall–Kier alpha value is -2.89. The predicted molar refractivity (Wildman–Crippen MR) is 86.4 cm³/mol. The van der Waals surface area contributed by atoms with E-state index in [0.29, 0.717) is 23.7 Å². The second-order valence-electron chi connectivity index (χ2n) is 5.56. The maximum absolute atomic E-state index is 12.1. The Kier molecular flexibility index (Phi) is 3.97. The molecule has 23 heavy (non-hydrogen) atoms. The lowest BCUT2D eigenvalue weighted by Gasteiger charge is -2.06. The molecule has 6 heteroatoms. The fourth-order valence-electron chi connectivity index (χ4n) is 2.38. The number of nitrogens with one attached hydrogen (secondary N) is 1. The zero-order chi connectivity index (χ0) is 16.4. The van der Waals surface area contributed by atoms with Gasteiger partial charge >= 0.3 is 0 Å². The van der Waals surface area contributed by atoms with Gasteiger partial charge in [-0.2, -0.15) is 5.10 Å². The van der Waals surface area contributed by atoms with Gasteiger partial charge in [0.15, 0.2) is 5.82 Å². The molecule has 0 aliphatic heterocycles. The fraction of sp³-hybridized carbons (Fsp3) is 0.235. The van der Waals surface area contributed by atoms with Gasteiger partial charge in [0, 0.05) is 17.3 Å². The number of anilines is 1. The molecule has 3 rings (SSSR count). The number of nitrogens with zero attached hydrogens (tertiary/aromatic N) is 3. The highest BCUT2D eigenvalue weighted by molar-refractivity contribution is 6.03. The Morgan fingerprint density at radius 2 is 1.91 bits per heavy atom. The molecule has 1 amide bonds. The third kappa shape index (κ3) is 3.48. The summed E-state index contributed by atoms with van der Waals surface area (Å²) >= 11 is 0. The lowest BCUT2D eigenvalue weighted by atomic mass is 10.1. The first kappa shape index (κ1) is 15.0. The highest BCUT2D eigenvalue weighted by atomic mass is 16.5. The second kappa shape index (κ2) is 6.08. The summed E-state index contributed by atoms with van der Waals surface area (Å²) in [5, 5.41) is 10.9. The first-order valence-corrected chi connectivity index (χ1v) is 7.36. The number of rotatable bonds is 4. The molecule has 2 aromatic heterocycles. The first-order chi connectivity index (χ1) is 11.0. The van der Waals surface area contributed by atoms with Crippen molar-refractivity contribution in [1.82, 2.24) is 14.9 Å². The zero-order valence-electron chi connectivity index (χ0n) is 13.3. The van der Waals surface area contributed by atoms with E-state index in [1.165, 1.54) is 0 Å². The molecule has 0 saturated carbocycles. The normalized spacial score (nSPS) is 10.7. The SMILES string of the molecule is Cc1cc(C)n(Cc2ccc(C(=O)Nc3cc(C)on3)cc2)n1. The molecule has 0 radical (unpaired) electrons. The summed E-state index contributed by atoms with van der Waals surface area (Å²) < 4.78 is 6.87. The molecule has 0 unspecified atom stereocenters. The van der Waals surface area contributed by atoms with Gasteiger partial charge in [0.1, 0.15) is 5.76 Å². The van der Waals surface area contributed by atoms with Crippen LogP contribution in [0.4, 0.5) is 5.82 Å². The number of aryl methyl sites for hydroxylation is 3. The average molecular weight is 310 g/mol. The number of benzene rings is 1. The summed E-state index contributed by atoms with van der Waals surface area (Å²) in [6, 6.07) is 11.2. The summed E-state index contributed by atoms with van der Waals surface area (Å²) in [4.78, 5) is 12.1. The van der Waals surface area contributed by atoms with Crippen molar-refractivity contribution >= 4 is 11.7 Å². The molecule has 0 fully saturated rings. The highest BCUT2D eigenvalue weighted by Gasteiger charge is 2.09. The van der Waals surface area contributed by atoms with Gasteiger partial charge in [-0.25, -0.2) is 0 Å². The number of carbonyl (C=O) groups excluding carboxylic acids is 1. The number of aromatic nitrogens is 3. The van der Waals surface area contributed by atoms with Gasteiger partial charge in [-0.05, 0) is 44.5 Å². The molecular formula is C17H18N4O2. The van der Waals surface area contributed by atoms with Gasteiger partial charge in [-0.1, -0.05) is 17.3 Å². The molecule has 3 aromatic rings. The van der Waals surface area contributed by atoms with E-state index in [1.807, 2.05) is 36.7 Å². The molecular weight excluding hydrogens is 292 g/mol. The Morgan fingerprint density at radius 1 is 1.17 bits per heavy atom. The maximum Gasteiger partial charge on any atom is 0.256 e. The molecule has 1 N–H and O–H groups in total. The quantitative estimate of drug-likeness (QED) is 0.803. The average Bonchev–Trinajstić information content (AvgIpc) is 3.05. The van der Waals surface area contributed by atoms with Gasteiger partial charge in [0.2, 0.25) is 0 Å². The molecule has 0 spiro atoms.